The molecule has 2 rings (SSSR count). The number of phenolic OH excluding ortho intramolecular Hbond substituents is 1. The Balaban J connectivity index is 2.58. The minimum Gasteiger partial charge on any atom is -0.507 e. The maximum atomic E-state index is 12.0. The van der Waals surface area contributed by atoms with Crippen LogP contribution in [0.15, 0.2) is 22.8 Å². The molecule has 0 aliphatic carbocycles. The first-order chi connectivity index (χ1) is 10.9. The Bertz CT molecular complexity index is 700. The second kappa shape index (κ2) is 6.28. The van der Waals surface area contributed by atoms with Gasteiger partial charge in [0.2, 0.25) is 0 Å². The molecule has 1 heterocycles. The van der Waals surface area contributed by atoms with Gasteiger partial charge in [0.05, 0.1) is 0 Å². The minimum atomic E-state index is -0.262. The van der Waals surface area contributed by atoms with Crippen molar-refractivity contribution in [2.45, 2.75) is 52.4 Å². The number of phenols is 1. The Morgan fingerprint density at radius 2 is 1.58 bits per heavy atom. The van der Waals surface area contributed by atoms with Crippen LogP contribution in [0.2, 0.25) is 0 Å². The number of carbonyl (C=O) groups is 1. The van der Waals surface area contributed by atoms with Crippen LogP contribution in [0, 0.1) is 0 Å². The summed E-state index contributed by atoms with van der Waals surface area (Å²) < 4.78 is 0. The maximum Gasteiger partial charge on any atom is 0.295 e. The lowest BCUT2D eigenvalue weighted by Gasteiger charge is -2.28. The Kier molecular flexibility index (Phi) is 4.86. The predicted octanol–water partition coefficient (Wildman–Crippen LogP) is 4.18. The van der Waals surface area contributed by atoms with Crippen molar-refractivity contribution in [3.05, 3.63) is 34.5 Å². The summed E-state index contributed by atoms with van der Waals surface area (Å²) in [6, 6.07) is 3.90. The van der Waals surface area contributed by atoms with Crippen LogP contribution in [0.25, 0.3) is 6.08 Å². The normalized spacial score (nSPS) is 17.2. The average Bonchev–Trinajstić information content (AvgIpc) is 2.78. The Morgan fingerprint density at radius 1 is 1.08 bits per heavy atom. The molecule has 1 aromatic carbocycles. The molecule has 2 N–H and O–H groups in total. The Hall–Kier alpha value is -1.75. The smallest absolute Gasteiger partial charge is 0.295 e. The van der Waals surface area contributed by atoms with Crippen molar-refractivity contribution in [3.8, 4) is 5.75 Å². The zero-order valence-electron chi connectivity index (χ0n) is 15.4. The summed E-state index contributed by atoms with van der Waals surface area (Å²) in [4.78, 5) is 16.0. The third-order valence-corrected chi connectivity index (χ3v) is 4.51. The molecule has 1 amide bonds. The molecule has 130 valence electrons. The van der Waals surface area contributed by atoms with Crippen molar-refractivity contribution < 1.29 is 9.90 Å². The first-order valence-electron chi connectivity index (χ1n) is 7.97. The first-order valence-corrected chi connectivity index (χ1v) is 9.19. The number of amides is 1. The van der Waals surface area contributed by atoms with Crippen LogP contribution in [0.3, 0.4) is 0 Å². The second-order valence-corrected chi connectivity index (χ2v) is 8.87. The fourth-order valence-electron chi connectivity index (χ4n) is 2.59. The molecule has 4 nitrogen and oxygen atoms in total. The van der Waals surface area contributed by atoms with Gasteiger partial charge in [-0.05, 0) is 40.9 Å². The number of aromatic hydroxyl groups is 1. The number of nitrogens with zero attached hydrogens (tertiary/aromatic N) is 1. The average molecular weight is 346 g/mol. The van der Waals surface area contributed by atoms with E-state index < -0.39 is 0 Å². The van der Waals surface area contributed by atoms with Crippen LogP contribution in [0.5, 0.6) is 5.75 Å². The monoisotopic (exact) mass is 346 g/mol. The number of benzene rings is 1. The fraction of sp³-hybridized carbons (Fsp3) is 0.474. The lowest BCUT2D eigenvalue weighted by Crippen LogP contribution is -2.18. The number of hydrogen-bond donors (Lipinski definition) is 2. The molecular weight excluding hydrogens is 320 g/mol. The van der Waals surface area contributed by atoms with Crippen molar-refractivity contribution in [2.75, 3.05) is 6.26 Å². The second-order valence-electron chi connectivity index (χ2n) is 8.07. The van der Waals surface area contributed by atoms with Gasteiger partial charge in [-0.25, -0.2) is 0 Å². The van der Waals surface area contributed by atoms with Gasteiger partial charge < -0.3 is 10.4 Å². The molecule has 1 aliphatic rings. The molecule has 0 saturated carbocycles. The van der Waals surface area contributed by atoms with E-state index in [0.717, 1.165) is 16.7 Å². The van der Waals surface area contributed by atoms with Crippen LogP contribution in [0.1, 0.15) is 58.2 Å². The van der Waals surface area contributed by atoms with Crippen LogP contribution in [-0.2, 0) is 15.6 Å². The van der Waals surface area contributed by atoms with Gasteiger partial charge in [0.25, 0.3) is 5.91 Å². The van der Waals surface area contributed by atoms with E-state index in [2.05, 4.69) is 51.9 Å². The number of thioether (sulfide) groups is 1. The zero-order valence-corrected chi connectivity index (χ0v) is 16.3. The fourth-order valence-corrected chi connectivity index (χ4v) is 2.98. The third-order valence-electron chi connectivity index (χ3n) is 3.93. The summed E-state index contributed by atoms with van der Waals surface area (Å²) in [6.45, 7) is 12.4. The molecule has 1 aromatic rings. The van der Waals surface area contributed by atoms with Crippen molar-refractivity contribution in [1.82, 2.24) is 5.32 Å². The highest BCUT2D eigenvalue weighted by atomic mass is 32.2. The molecule has 1 aliphatic heterocycles. The molecule has 0 fully saturated rings. The van der Waals surface area contributed by atoms with E-state index in [1.165, 1.54) is 11.8 Å². The van der Waals surface area contributed by atoms with Crippen LogP contribution in [0.4, 0.5) is 0 Å². The number of rotatable bonds is 1. The number of amidine groups is 1. The molecule has 24 heavy (non-hydrogen) atoms. The van der Waals surface area contributed by atoms with Gasteiger partial charge in [-0.3, -0.25) is 4.79 Å². The van der Waals surface area contributed by atoms with E-state index in [1.54, 1.807) is 6.08 Å². The largest absolute Gasteiger partial charge is 0.507 e. The van der Waals surface area contributed by atoms with Crippen molar-refractivity contribution >= 4 is 28.9 Å². The quantitative estimate of drug-likeness (QED) is 0.749. The summed E-state index contributed by atoms with van der Waals surface area (Å²) in [6.07, 6.45) is 3.68. The lowest BCUT2D eigenvalue weighted by atomic mass is 9.78. The molecule has 0 bridgehead atoms. The standard InChI is InChI=1S/C19H26N2O2S/c1-18(2,3)12-8-11(9-13(15(12)22)19(4,5)6)10-14-16(23)21-17(20-14)24-7/h8-10,22H,1-7H3,(H,20,21,23)/b14-10+. The van der Waals surface area contributed by atoms with Crippen LogP contribution < -0.4 is 5.32 Å². The molecule has 5 heteroatoms. The summed E-state index contributed by atoms with van der Waals surface area (Å²) in [7, 11) is 0. The summed E-state index contributed by atoms with van der Waals surface area (Å²) in [5.41, 5.74) is 2.69. The molecule has 0 radical (unpaired) electrons. The van der Waals surface area contributed by atoms with E-state index in [1.807, 2.05) is 18.4 Å². The molecule has 0 unspecified atom stereocenters. The Labute approximate surface area is 148 Å². The molecular formula is C19H26N2O2S. The topological polar surface area (TPSA) is 61.7 Å². The third kappa shape index (κ3) is 3.83. The van der Waals surface area contributed by atoms with E-state index in [9.17, 15) is 9.90 Å². The summed E-state index contributed by atoms with van der Waals surface area (Å²) in [5.74, 6) is 0.0750. The summed E-state index contributed by atoms with van der Waals surface area (Å²) in [5, 5.41) is 14.4. The minimum absolute atomic E-state index is 0.202. The highest BCUT2D eigenvalue weighted by molar-refractivity contribution is 8.13. The van der Waals surface area contributed by atoms with Gasteiger partial charge in [0.15, 0.2) is 5.17 Å². The highest BCUT2D eigenvalue weighted by Gasteiger charge is 2.27. The maximum absolute atomic E-state index is 12.0. The number of carbonyl (C=O) groups excluding carboxylic acids is 1. The number of nitrogens with one attached hydrogen (secondary N) is 1. The lowest BCUT2D eigenvalue weighted by molar-refractivity contribution is -0.114. The van der Waals surface area contributed by atoms with Crippen LogP contribution >= 0.6 is 11.8 Å². The van der Waals surface area contributed by atoms with E-state index in [0.29, 0.717) is 16.6 Å². The van der Waals surface area contributed by atoms with Gasteiger partial charge in [-0.1, -0.05) is 53.3 Å². The van der Waals surface area contributed by atoms with Gasteiger partial charge in [0.1, 0.15) is 11.4 Å². The SMILES string of the molecule is CSC1=NC(=O)/C(=C\c2cc(C(C)(C)C)c(O)c(C(C)(C)C)c2)N1. The highest BCUT2D eigenvalue weighted by Crippen LogP contribution is 2.40. The van der Waals surface area contributed by atoms with Gasteiger partial charge in [0, 0.05) is 11.1 Å². The summed E-state index contributed by atoms with van der Waals surface area (Å²) >= 11 is 1.40. The predicted molar refractivity (Wildman–Crippen MR) is 103 cm³/mol. The molecule has 0 saturated heterocycles. The van der Waals surface area contributed by atoms with Crippen LogP contribution in [-0.4, -0.2) is 22.4 Å². The van der Waals surface area contributed by atoms with Crippen molar-refractivity contribution in [3.63, 3.8) is 0 Å². The van der Waals surface area contributed by atoms with Gasteiger partial charge >= 0.3 is 0 Å². The zero-order chi connectivity index (χ0) is 18.3. The molecule has 0 spiro atoms. The van der Waals surface area contributed by atoms with E-state index in [4.69, 9.17) is 0 Å². The number of hydrogen-bond acceptors (Lipinski definition) is 4. The van der Waals surface area contributed by atoms with Gasteiger partial charge in [-0.2, -0.15) is 4.99 Å². The van der Waals surface area contributed by atoms with Crippen molar-refractivity contribution in [2.24, 2.45) is 4.99 Å². The van der Waals surface area contributed by atoms with Crippen molar-refractivity contribution in [1.29, 1.82) is 0 Å². The first kappa shape index (κ1) is 18.6. The van der Waals surface area contributed by atoms with E-state index >= 15 is 0 Å². The molecule has 0 aromatic heterocycles. The number of aliphatic imine (C=N–C) groups is 1. The van der Waals surface area contributed by atoms with E-state index in [-0.39, 0.29) is 16.7 Å². The van der Waals surface area contributed by atoms with Gasteiger partial charge in [-0.15, -0.1) is 0 Å². The Morgan fingerprint density at radius 3 is 1.96 bits per heavy atom. The molecule has 0 atom stereocenters.